The molecule has 168 valence electrons. The van der Waals surface area contributed by atoms with Crippen molar-refractivity contribution in [3.05, 3.63) is 35.8 Å². The first-order valence-corrected chi connectivity index (χ1v) is 12.1. The second-order valence-electron chi connectivity index (χ2n) is 8.38. The van der Waals surface area contributed by atoms with Crippen LogP contribution in [0.15, 0.2) is 29.2 Å². The van der Waals surface area contributed by atoms with Crippen LogP contribution in [0, 0.1) is 11.7 Å². The Morgan fingerprint density at radius 3 is 2.61 bits per heavy atom. The number of piperidine rings is 1. The molecule has 31 heavy (non-hydrogen) atoms. The van der Waals surface area contributed by atoms with Gasteiger partial charge in [-0.05, 0) is 41.4 Å². The number of aryl methyl sites for hydroxylation is 1. The fraction of sp³-hybridized carbons (Fsp3) is 0.545. The Morgan fingerprint density at radius 1 is 1.26 bits per heavy atom. The lowest BCUT2D eigenvalue weighted by atomic mass is 10.1. The molecule has 0 bridgehead atoms. The molecule has 1 aromatic heterocycles. The number of fused-ring (bicyclic) bond motifs is 1. The molecule has 0 radical (unpaired) electrons. The summed E-state index contributed by atoms with van der Waals surface area (Å²) < 4.78 is 31.6. The van der Waals surface area contributed by atoms with Gasteiger partial charge in [-0.3, -0.25) is 0 Å². The third-order valence-corrected chi connectivity index (χ3v) is 7.30. The molecule has 7 nitrogen and oxygen atoms in total. The average molecular weight is 449 g/mol. The summed E-state index contributed by atoms with van der Waals surface area (Å²) >= 11 is -1.12. The highest BCUT2D eigenvalue weighted by molar-refractivity contribution is 7.91. The van der Waals surface area contributed by atoms with E-state index in [2.05, 4.69) is 10.2 Å². The van der Waals surface area contributed by atoms with Crippen molar-refractivity contribution in [1.82, 2.24) is 9.97 Å². The van der Waals surface area contributed by atoms with Gasteiger partial charge in [0.05, 0.1) is 12.6 Å². The molecule has 1 unspecified atom stereocenters. The lowest BCUT2D eigenvalue weighted by Crippen LogP contribution is -2.39. The lowest BCUT2D eigenvalue weighted by Gasteiger charge is -2.32. The Bertz CT molecular complexity index is 891. The lowest BCUT2D eigenvalue weighted by molar-refractivity contribution is 0.170. The number of aromatic nitrogens is 2. The first kappa shape index (κ1) is 22.1. The maximum absolute atomic E-state index is 13.1. The van der Waals surface area contributed by atoms with Crippen LogP contribution in [0.3, 0.4) is 0 Å². The number of nitrogens with one attached hydrogen (secondary N) is 1. The van der Waals surface area contributed by atoms with Crippen molar-refractivity contribution in [2.75, 3.05) is 35.7 Å². The molecule has 2 aliphatic heterocycles. The van der Waals surface area contributed by atoms with E-state index in [4.69, 9.17) is 14.7 Å². The first-order chi connectivity index (χ1) is 14.9. The Morgan fingerprint density at radius 2 is 1.97 bits per heavy atom. The predicted octanol–water partition coefficient (Wildman–Crippen LogP) is 2.76. The van der Waals surface area contributed by atoms with Crippen LogP contribution >= 0.6 is 0 Å². The van der Waals surface area contributed by atoms with Crippen molar-refractivity contribution in [3.8, 4) is 5.75 Å². The Balaban J connectivity index is 1.47. The molecule has 0 amide bonds. The van der Waals surface area contributed by atoms with Gasteiger partial charge in [0.1, 0.15) is 29.1 Å². The number of nitrogens with zero attached hydrogens (tertiary/aromatic N) is 3. The van der Waals surface area contributed by atoms with Gasteiger partial charge in [0.25, 0.3) is 0 Å². The average Bonchev–Trinajstić information content (AvgIpc) is 3.14. The van der Waals surface area contributed by atoms with Crippen molar-refractivity contribution >= 4 is 22.9 Å². The third kappa shape index (κ3) is 5.05. The molecule has 2 atom stereocenters. The van der Waals surface area contributed by atoms with Crippen molar-refractivity contribution in [2.45, 2.75) is 50.2 Å². The number of anilines is 2. The minimum atomic E-state index is -1.12. The largest absolute Gasteiger partial charge is 0.611 e. The summed E-state index contributed by atoms with van der Waals surface area (Å²) in [6.45, 7) is 5.50. The zero-order chi connectivity index (χ0) is 22.0. The molecule has 2 aromatic rings. The fourth-order valence-corrected chi connectivity index (χ4v) is 5.21. The monoisotopic (exact) mass is 448 g/mol. The van der Waals surface area contributed by atoms with E-state index in [0.717, 1.165) is 31.6 Å². The number of ether oxygens (including phenoxy) is 1. The van der Waals surface area contributed by atoms with Crippen molar-refractivity contribution < 1.29 is 18.8 Å². The van der Waals surface area contributed by atoms with Crippen LogP contribution < -0.4 is 15.0 Å². The molecule has 1 aromatic carbocycles. The second kappa shape index (κ2) is 9.58. The van der Waals surface area contributed by atoms with Gasteiger partial charge in [0, 0.05) is 32.4 Å². The van der Waals surface area contributed by atoms with E-state index in [1.54, 1.807) is 12.1 Å². The fourth-order valence-electron chi connectivity index (χ4n) is 3.90. The summed E-state index contributed by atoms with van der Waals surface area (Å²) in [5.74, 6) is 2.36. The molecule has 2 aliphatic rings. The normalized spacial score (nSPS) is 20.1. The highest BCUT2D eigenvalue weighted by Gasteiger charge is 2.34. The van der Waals surface area contributed by atoms with Gasteiger partial charge in [-0.1, -0.05) is 13.8 Å². The number of hydrogen-bond acceptors (Lipinski definition) is 7. The van der Waals surface area contributed by atoms with E-state index >= 15 is 0 Å². The maximum Gasteiger partial charge on any atom is 0.227 e. The number of hydrogen-bond donors (Lipinski definition) is 2. The first-order valence-electron chi connectivity index (χ1n) is 10.8. The molecular weight excluding hydrogens is 419 g/mol. The molecule has 0 saturated carbocycles. The van der Waals surface area contributed by atoms with Gasteiger partial charge in [-0.25, -0.2) is 9.37 Å². The van der Waals surface area contributed by atoms with E-state index in [9.17, 15) is 14.0 Å². The van der Waals surface area contributed by atoms with Crippen molar-refractivity contribution in [1.29, 1.82) is 0 Å². The molecule has 1 fully saturated rings. The van der Waals surface area contributed by atoms with Crippen LogP contribution in [-0.2, 0) is 17.6 Å². The molecule has 2 N–H and O–H groups in total. The zero-order valence-electron chi connectivity index (χ0n) is 17.9. The van der Waals surface area contributed by atoms with E-state index in [1.807, 2.05) is 13.8 Å². The Labute approximate surface area is 185 Å². The summed E-state index contributed by atoms with van der Waals surface area (Å²) in [4.78, 5) is 12.2. The highest BCUT2D eigenvalue weighted by Crippen LogP contribution is 2.33. The molecule has 9 heteroatoms. The van der Waals surface area contributed by atoms with Gasteiger partial charge < -0.3 is 24.6 Å². The van der Waals surface area contributed by atoms with Gasteiger partial charge in [-0.2, -0.15) is 4.98 Å². The maximum atomic E-state index is 13.1. The van der Waals surface area contributed by atoms with Crippen molar-refractivity contribution in [3.63, 3.8) is 0 Å². The van der Waals surface area contributed by atoms with Gasteiger partial charge in [0.2, 0.25) is 10.8 Å². The van der Waals surface area contributed by atoms with Gasteiger partial charge >= 0.3 is 0 Å². The van der Waals surface area contributed by atoms with Crippen LogP contribution in [0.2, 0.25) is 0 Å². The smallest absolute Gasteiger partial charge is 0.227 e. The highest BCUT2D eigenvalue weighted by atomic mass is 32.2. The molecule has 0 spiro atoms. The number of halogens is 1. The molecule has 1 saturated heterocycles. The van der Waals surface area contributed by atoms with Crippen LogP contribution in [-0.4, -0.2) is 57.2 Å². The minimum absolute atomic E-state index is 0.0233. The Hall–Kier alpha value is -2.10. The summed E-state index contributed by atoms with van der Waals surface area (Å²) in [6, 6.07) is 5.93. The topological polar surface area (TPSA) is 93.6 Å². The third-order valence-electron chi connectivity index (χ3n) is 5.84. The minimum Gasteiger partial charge on any atom is -0.611 e. The van der Waals surface area contributed by atoms with E-state index in [1.165, 1.54) is 12.1 Å². The van der Waals surface area contributed by atoms with Gasteiger partial charge in [-0.15, -0.1) is 0 Å². The Kier molecular flexibility index (Phi) is 6.83. The second-order valence-corrected chi connectivity index (χ2v) is 9.89. The number of benzene rings is 1. The van der Waals surface area contributed by atoms with Gasteiger partial charge in [0.15, 0.2) is 5.82 Å². The van der Waals surface area contributed by atoms with Crippen LogP contribution in [0.1, 0.15) is 32.4 Å². The number of rotatable bonds is 7. The molecular formula is C22H29FN4O3S. The van der Waals surface area contributed by atoms with Crippen LogP contribution in [0.25, 0.3) is 0 Å². The molecule has 0 aliphatic carbocycles. The number of aliphatic hydroxyl groups excluding tert-OH is 1. The molecule has 3 heterocycles. The SMILES string of the molecule is CC(C)[C@H](CO)Nc1nc(N2CCC(Oc3ccc(F)cc3)CC2)nc2c1[S+]([O-])CC2. The summed E-state index contributed by atoms with van der Waals surface area (Å²) in [5, 5.41) is 13.0. The summed E-state index contributed by atoms with van der Waals surface area (Å²) in [6.07, 6.45) is 2.33. The quantitative estimate of drug-likeness (QED) is 0.629. The van der Waals surface area contributed by atoms with Crippen molar-refractivity contribution in [2.24, 2.45) is 5.92 Å². The van der Waals surface area contributed by atoms with Crippen LogP contribution in [0.5, 0.6) is 5.75 Å². The van der Waals surface area contributed by atoms with E-state index in [-0.39, 0.29) is 30.5 Å². The van der Waals surface area contributed by atoms with E-state index in [0.29, 0.717) is 34.6 Å². The standard InChI is InChI=1S/C22H29FN4O3S/c1-14(2)19(13-28)24-21-20-18(9-12-31(20)29)25-22(26-21)27-10-7-17(8-11-27)30-16-5-3-15(23)4-6-16/h3-6,14,17,19,28H,7-13H2,1-2H3,(H,24,25,26)/t19-,31?/m0/s1. The van der Waals surface area contributed by atoms with Crippen LogP contribution in [0.4, 0.5) is 16.2 Å². The predicted molar refractivity (Wildman–Crippen MR) is 119 cm³/mol. The molecule has 4 rings (SSSR count). The van der Waals surface area contributed by atoms with E-state index < -0.39 is 11.2 Å². The zero-order valence-corrected chi connectivity index (χ0v) is 18.7. The number of aliphatic hydroxyl groups is 1. The summed E-state index contributed by atoms with van der Waals surface area (Å²) in [5.41, 5.74) is 0.830. The summed E-state index contributed by atoms with van der Waals surface area (Å²) in [7, 11) is 0.